The van der Waals surface area contributed by atoms with Crippen LogP contribution in [0.2, 0.25) is 0 Å². The first-order valence-electron chi connectivity index (χ1n) is 8.59. The van der Waals surface area contributed by atoms with Gasteiger partial charge in [0.2, 0.25) is 5.91 Å². The normalized spacial score (nSPS) is 20.0. The predicted molar refractivity (Wildman–Crippen MR) is 96.1 cm³/mol. The molecule has 0 aliphatic heterocycles. The van der Waals surface area contributed by atoms with E-state index in [1.54, 1.807) is 12.4 Å². The van der Waals surface area contributed by atoms with Crippen molar-refractivity contribution in [1.82, 2.24) is 4.98 Å². The van der Waals surface area contributed by atoms with E-state index in [0.29, 0.717) is 12.8 Å². The molecule has 1 heterocycles. The fraction of sp³-hybridized carbons (Fsp3) is 0.350. The third-order valence-electron chi connectivity index (χ3n) is 4.88. The molecule has 0 bridgehead atoms. The number of carboxylic acids is 1. The van der Waals surface area contributed by atoms with Gasteiger partial charge in [-0.3, -0.25) is 14.6 Å². The number of nitrogens with zero attached hydrogens (tertiary/aromatic N) is 1. The van der Waals surface area contributed by atoms with E-state index in [9.17, 15) is 14.7 Å². The van der Waals surface area contributed by atoms with Gasteiger partial charge in [0.25, 0.3) is 0 Å². The number of aliphatic carboxylic acids is 1. The molecule has 0 spiro atoms. The molecule has 5 nitrogen and oxygen atoms in total. The number of carbonyl (C=O) groups excluding carboxylic acids is 1. The van der Waals surface area contributed by atoms with Crippen molar-refractivity contribution < 1.29 is 14.7 Å². The number of carboxylic acid groups (broad SMARTS) is 1. The Kier molecular flexibility index (Phi) is 5.12. The summed E-state index contributed by atoms with van der Waals surface area (Å²) in [5.74, 6) is -1.53. The highest BCUT2D eigenvalue weighted by atomic mass is 16.4. The molecule has 1 saturated carbocycles. The van der Waals surface area contributed by atoms with E-state index in [0.717, 1.165) is 35.2 Å². The van der Waals surface area contributed by atoms with Crippen molar-refractivity contribution in [3.8, 4) is 11.1 Å². The second-order valence-electron chi connectivity index (χ2n) is 6.66. The zero-order valence-electron chi connectivity index (χ0n) is 14.2. The average molecular weight is 338 g/mol. The van der Waals surface area contributed by atoms with Crippen LogP contribution in [-0.4, -0.2) is 22.0 Å². The Morgan fingerprint density at radius 1 is 1.16 bits per heavy atom. The zero-order valence-corrected chi connectivity index (χ0v) is 14.2. The van der Waals surface area contributed by atoms with E-state index in [4.69, 9.17) is 0 Å². The van der Waals surface area contributed by atoms with Crippen LogP contribution in [0.1, 0.15) is 31.2 Å². The first-order chi connectivity index (χ1) is 12.0. The van der Waals surface area contributed by atoms with Gasteiger partial charge in [-0.1, -0.05) is 24.6 Å². The number of carbonyl (C=O) groups is 2. The van der Waals surface area contributed by atoms with Gasteiger partial charge in [0.05, 0.1) is 5.92 Å². The summed E-state index contributed by atoms with van der Waals surface area (Å²) in [5, 5.41) is 12.2. The molecule has 2 N–H and O–H groups in total. The predicted octanol–water partition coefficient (Wildman–Crippen LogP) is 3.89. The van der Waals surface area contributed by atoms with Crippen LogP contribution in [0.5, 0.6) is 0 Å². The largest absolute Gasteiger partial charge is 0.481 e. The number of benzene rings is 1. The van der Waals surface area contributed by atoms with E-state index in [1.165, 1.54) is 0 Å². The Morgan fingerprint density at radius 2 is 1.96 bits per heavy atom. The van der Waals surface area contributed by atoms with Crippen molar-refractivity contribution in [3.05, 3.63) is 48.3 Å². The van der Waals surface area contributed by atoms with Gasteiger partial charge in [0.1, 0.15) is 0 Å². The monoisotopic (exact) mass is 338 g/mol. The van der Waals surface area contributed by atoms with Gasteiger partial charge in [0, 0.05) is 29.6 Å². The summed E-state index contributed by atoms with van der Waals surface area (Å²) >= 11 is 0. The molecule has 1 amide bonds. The standard InChI is InChI=1S/C20H22N2O3/c1-13-7-8-14(17-6-3-9-21-12-17)11-18(13)22-19(23)15-4-2-5-16(10-15)20(24)25/h3,6-9,11-12,15-16H,2,4-5,10H2,1H3,(H,22,23)(H,24,25)/t15-,16+/m1/s1. The van der Waals surface area contributed by atoms with Crippen LogP contribution in [0.15, 0.2) is 42.7 Å². The molecule has 1 fully saturated rings. The molecule has 2 atom stereocenters. The quantitative estimate of drug-likeness (QED) is 0.886. The van der Waals surface area contributed by atoms with Crippen LogP contribution in [0.25, 0.3) is 11.1 Å². The third-order valence-corrected chi connectivity index (χ3v) is 4.88. The zero-order chi connectivity index (χ0) is 17.8. The first-order valence-corrected chi connectivity index (χ1v) is 8.59. The summed E-state index contributed by atoms with van der Waals surface area (Å²) in [6, 6.07) is 9.77. The minimum Gasteiger partial charge on any atom is -0.481 e. The van der Waals surface area contributed by atoms with E-state index in [-0.39, 0.29) is 11.8 Å². The van der Waals surface area contributed by atoms with Crippen LogP contribution in [0.4, 0.5) is 5.69 Å². The lowest BCUT2D eigenvalue weighted by atomic mass is 9.81. The Bertz CT molecular complexity index is 774. The summed E-state index contributed by atoms with van der Waals surface area (Å²) in [7, 11) is 0. The minimum atomic E-state index is -0.799. The maximum atomic E-state index is 12.6. The number of aryl methyl sites for hydroxylation is 1. The molecule has 130 valence electrons. The van der Waals surface area contributed by atoms with Crippen molar-refractivity contribution in [2.24, 2.45) is 11.8 Å². The molecule has 5 heteroatoms. The summed E-state index contributed by atoms with van der Waals surface area (Å²) in [6.45, 7) is 1.95. The Labute approximate surface area is 147 Å². The number of nitrogens with one attached hydrogen (secondary N) is 1. The average Bonchev–Trinajstić information content (AvgIpc) is 2.64. The Morgan fingerprint density at radius 3 is 2.68 bits per heavy atom. The number of rotatable bonds is 4. The van der Waals surface area contributed by atoms with E-state index < -0.39 is 11.9 Å². The van der Waals surface area contributed by atoms with E-state index in [2.05, 4.69) is 10.3 Å². The summed E-state index contributed by atoms with van der Waals surface area (Å²) in [5.41, 5.74) is 3.72. The highest BCUT2D eigenvalue weighted by molar-refractivity contribution is 5.94. The van der Waals surface area contributed by atoms with Crippen LogP contribution in [-0.2, 0) is 9.59 Å². The molecule has 1 aliphatic carbocycles. The number of anilines is 1. The van der Waals surface area contributed by atoms with E-state index in [1.807, 2.05) is 37.3 Å². The van der Waals surface area contributed by atoms with Gasteiger partial charge >= 0.3 is 5.97 Å². The molecule has 1 aromatic heterocycles. The van der Waals surface area contributed by atoms with Gasteiger partial charge in [-0.2, -0.15) is 0 Å². The molecule has 3 rings (SSSR count). The number of amides is 1. The molecule has 1 aromatic carbocycles. The fourth-order valence-corrected chi connectivity index (χ4v) is 3.36. The second kappa shape index (κ2) is 7.47. The summed E-state index contributed by atoms with van der Waals surface area (Å²) in [6.07, 6.45) is 6.12. The molecule has 0 unspecified atom stereocenters. The summed E-state index contributed by atoms with van der Waals surface area (Å²) < 4.78 is 0. The number of pyridine rings is 1. The van der Waals surface area contributed by atoms with Crippen molar-refractivity contribution in [2.45, 2.75) is 32.6 Å². The van der Waals surface area contributed by atoms with Gasteiger partial charge in [-0.15, -0.1) is 0 Å². The third kappa shape index (κ3) is 4.05. The molecule has 0 saturated heterocycles. The second-order valence-corrected chi connectivity index (χ2v) is 6.66. The van der Waals surface area contributed by atoms with Crippen LogP contribution in [0.3, 0.4) is 0 Å². The number of hydrogen-bond acceptors (Lipinski definition) is 3. The molecule has 0 radical (unpaired) electrons. The number of hydrogen-bond donors (Lipinski definition) is 2. The minimum absolute atomic E-state index is 0.0858. The Hall–Kier alpha value is -2.69. The highest BCUT2D eigenvalue weighted by Crippen LogP contribution is 2.31. The number of aromatic nitrogens is 1. The van der Waals surface area contributed by atoms with Crippen molar-refractivity contribution in [3.63, 3.8) is 0 Å². The summed E-state index contributed by atoms with van der Waals surface area (Å²) in [4.78, 5) is 27.9. The lowest BCUT2D eigenvalue weighted by molar-refractivity contribution is -0.143. The van der Waals surface area contributed by atoms with Crippen LogP contribution >= 0.6 is 0 Å². The fourth-order valence-electron chi connectivity index (χ4n) is 3.36. The lowest BCUT2D eigenvalue weighted by Gasteiger charge is -2.26. The highest BCUT2D eigenvalue weighted by Gasteiger charge is 2.31. The maximum Gasteiger partial charge on any atom is 0.306 e. The van der Waals surface area contributed by atoms with Gasteiger partial charge in [-0.25, -0.2) is 0 Å². The van der Waals surface area contributed by atoms with Gasteiger partial charge in [-0.05, 0) is 49.4 Å². The van der Waals surface area contributed by atoms with Gasteiger partial charge in [0.15, 0.2) is 0 Å². The van der Waals surface area contributed by atoms with Crippen molar-refractivity contribution in [2.75, 3.05) is 5.32 Å². The van der Waals surface area contributed by atoms with E-state index >= 15 is 0 Å². The van der Waals surface area contributed by atoms with Crippen molar-refractivity contribution >= 4 is 17.6 Å². The maximum absolute atomic E-state index is 12.6. The SMILES string of the molecule is Cc1ccc(-c2cccnc2)cc1NC(=O)[C@@H]1CCC[C@H](C(=O)O)C1. The molecular weight excluding hydrogens is 316 g/mol. The van der Waals surface area contributed by atoms with Crippen LogP contribution < -0.4 is 5.32 Å². The Balaban J connectivity index is 1.76. The smallest absolute Gasteiger partial charge is 0.306 e. The van der Waals surface area contributed by atoms with Crippen molar-refractivity contribution in [1.29, 1.82) is 0 Å². The van der Waals surface area contributed by atoms with Crippen LogP contribution in [0, 0.1) is 18.8 Å². The van der Waals surface area contributed by atoms with Gasteiger partial charge < -0.3 is 10.4 Å². The molecular formula is C20H22N2O3. The lowest BCUT2D eigenvalue weighted by Crippen LogP contribution is -2.31. The first kappa shape index (κ1) is 17.1. The molecule has 25 heavy (non-hydrogen) atoms. The molecule has 2 aromatic rings. The topological polar surface area (TPSA) is 79.3 Å². The molecule has 1 aliphatic rings.